The van der Waals surface area contributed by atoms with E-state index < -0.39 is 0 Å². The van der Waals surface area contributed by atoms with Crippen LogP contribution < -0.4 is 15.8 Å². The Bertz CT molecular complexity index is 423. The van der Waals surface area contributed by atoms with Crippen LogP contribution in [0, 0.1) is 17.2 Å². The minimum absolute atomic E-state index is 0.0131. The van der Waals surface area contributed by atoms with E-state index in [2.05, 4.69) is 5.32 Å². The molecule has 96 valence electrons. The number of amides is 1. The van der Waals surface area contributed by atoms with Crippen molar-refractivity contribution >= 4 is 11.6 Å². The topological polar surface area (TPSA) is 88.1 Å². The molecule has 1 atom stereocenters. The van der Waals surface area contributed by atoms with Crippen LogP contribution in [-0.2, 0) is 4.79 Å². The fourth-order valence-corrected chi connectivity index (χ4v) is 1.40. The number of carbonyl (C=O) groups is 1. The van der Waals surface area contributed by atoms with Gasteiger partial charge in [-0.2, -0.15) is 5.26 Å². The van der Waals surface area contributed by atoms with Crippen molar-refractivity contribution in [2.75, 3.05) is 18.5 Å². The van der Waals surface area contributed by atoms with Crippen molar-refractivity contribution in [1.82, 2.24) is 0 Å². The lowest BCUT2D eigenvalue weighted by Crippen LogP contribution is -2.22. The van der Waals surface area contributed by atoms with E-state index in [1.165, 1.54) is 0 Å². The summed E-state index contributed by atoms with van der Waals surface area (Å²) >= 11 is 0. The predicted molar refractivity (Wildman–Crippen MR) is 69.0 cm³/mol. The summed E-state index contributed by atoms with van der Waals surface area (Å²) in [6, 6.07) is 8.78. The first kappa shape index (κ1) is 14.0. The molecule has 1 rings (SSSR count). The highest BCUT2D eigenvalue weighted by Gasteiger charge is 2.11. The smallest absolute Gasteiger partial charge is 0.227 e. The number of hydrogen-bond donors (Lipinski definition) is 2. The van der Waals surface area contributed by atoms with Gasteiger partial charge in [0.1, 0.15) is 11.8 Å². The lowest BCUT2D eigenvalue weighted by atomic mass is 10.1. The van der Waals surface area contributed by atoms with Crippen LogP contribution in [0.25, 0.3) is 0 Å². The Hall–Kier alpha value is -2.06. The van der Waals surface area contributed by atoms with Crippen molar-refractivity contribution in [3.63, 3.8) is 0 Å². The van der Waals surface area contributed by atoms with E-state index in [0.29, 0.717) is 24.4 Å². The third kappa shape index (κ3) is 4.44. The number of anilines is 1. The van der Waals surface area contributed by atoms with Crippen LogP contribution in [0.5, 0.6) is 5.75 Å². The molecule has 0 saturated heterocycles. The molecule has 5 nitrogen and oxygen atoms in total. The van der Waals surface area contributed by atoms with E-state index in [1.54, 1.807) is 24.3 Å². The van der Waals surface area contributed by atoms with E-state index in [4.69, 9.17) is 15.7 Å². The van der Waals surface area contributed by atoms with E-state index in [1.807, 2.05) is 13.0 Å². The van der Waals surface area contributed by atoms with E-state index in [9.17, 15) is 4.79 Å². The molecule has 3 N–H and O–H groups in total. The van der Waals surface area contributed by atoms with Crippen LogP contribution in [0.1, 0.15) is 13.3 Å². The van der Waals surface area contributed by atoms with Crippen molar-refractivity contribution in [1.29, 1.82) is 5.26 Å². The van der Waals surface area contributed by atoms with Gasteiger partial charge in [0.05, 0.1) is 0 Å². The van der Waals surface area contributed by atoms with Crippen molar-refractivity contribution in [2.45, 2.75) is 13.3 Å². The number of rotatable bonds is 6. The van der Waals surface area contributed by atoms with Crippen LogP contribution in [0.15, 0.2) is 24.3 Å². The van der Waals surface area contributed by atoms with Gasteiger partial charge in [-0.1, -0.05) is 6.92 Å². The second-order valence-electron chi connectivity index (χ2n) is 3.94. The Morgan fingerprint density at radius 2 is 2.17 bits per heavy atom. The summed E-state index contributed by atoms with van der Waals surface area (Å²) < 4.78 is 5.11. The zero-order valence-corrected chi connectivity index (χ0v) is 10.3. The summed E-state index contributed by atoms with van der Waals surface area (Å²) in [5, 5.41) is 11.2. The van der Waals surface area contributed by atoms with Gasteiger partial charge in [0.15, 0.2) is 6.61 Å². The van der Waals surface area contributed by atoms with Crippen molar-refractivity contribution in [2.24, 2.45) is 11.7 Å². The summed E-state index contributed by atoms with van der Waals surface area (Å²) in [6.07, 6.45) is 0.662. The molecule has 0 saturated carbocycles. The summed E-state index contributed by atoms with van der Waals surface area (Å²) in [6.45, 7) is 2.35. The molecule has 0 aromatic heterocycles. The first-order valence-corrected chi connectivity index (χ1v) is 5.78. The summed E-state index contributed by atoms with van der Waals surface area (Å²) in [5.74, 6) is 0.445. The Labute approximate surface area is 107 Å². The van der Waals surface area contributed by atoms with Crippen molar-refractivity contribution in [3.8, 4) is 11.8 Å². The third-order valence-electron chi connectivity index (χ3n) is 2.47. The molecule has 0 radical (unpaired) electrons. The highest BCUT2D eigenvalue weighted by molar-refractivity contribution is 5.92. The highest BCUT2D eigenvalue weighted by Crippen LogP contribution is 2.16. The van der Waals surface area contributed by atoms with Crippen LogP contribution in [0.2, 0.25) is 0 Å². The molecule has 0 fully saturated rings. The molecule has 0 heterocycles. The Morgan fingerprint density at radius 3 is 2.72 bits per heavy atom. The summed E-state index contributed by atoms with van der Waals surface area (Å²) in [5.41, 5.74) is 6.11. The number of benzene rings is 1. The number of nitrogens with zero attached hydrogens (tertiary/aromatic N) is 1. The van der Waals surface area contributed by atoms with Gasteiger partial charge in [-0.25, -0.2) is 0 Å². The van der Waals surface area contributed by atoms with Gasteiger partial charge in [-0.05, 0) is 37.2 Å². The molecule has 1 aromatic carbocycles. The molecule has 5 heteroatoms. The standard InChI is InChI=1S/C13H17N3O2/c1-10(6-7-14)13(17)16-11-2-4-12(5-3-11)18-9-8-15/h2-5,10H,6-7,9,14H2,1H3,(H,16,17). The van der Waals surface area contributed by atoms with Crippen molar-refractivity contribution in [3.05, 3.63) is 24.3 Å². The first-order valence-electron chi connectivity index (χ1n) is 5.78. The van der Waals surface area contributed by atoms with Gasteiger partial charge in [-0.15, -0.1) is 0 Å². The van der Waals surface area contributed by atoms with Gasteiger partial charge in [-0.3, -0.25) is 4.79 Å². The highest BCUT2D eigenvalue weighted by atomic mass is 16.5. The molecule has 1 unspecified atom stereocenters. The average Bonchev–Trinajstić information content (AvgIpc) is 2.38. The van der Waals surface area contributed by atoms with Gasteiger partial charge in [0.2, 0.25) is 5.91 Å². The third-order valence-corrected chi connectivity index (χ3v) is 2.47. The minimum Gasteiger partial charge on any atom is -0.479 e. The molecular weight excluding hydrogens is 230 g/mol. The number of nitriles is 1. The van der Waals surface area contributed by atoms with Gasteiger partial charge in [0.25, 0.3) is 0 Å². The fraction of sp³-hybridized carbons (Fsp3) is 0.385. The first-order chi connectivity index (χ1) is 8.67. The fourth-order valence-electron chi connectivity index (χ4n) is 1.40. The normalized spacial score (nSPS) is 11.4. The van der Waals surface area contributed by atoms with Crippen LogP contribution in [0.4, 0.5) is 5.69 Å². The summed E-state index contributed by atoms with van der Waals surface area (Å²) in [7, 11) is 0. The second-order valence-corrected chi connectivity index (χ2v) is 3.94. The summed E-state index contributed by atoms with van der Waals surface area (Å²) in [4.78, 5) is 11.7. The quantitative estimate of drug-likeness (QED) is 0.797. The molecule has 0 aliphatic carbocycles. The van der Waals surface area contributed by atoms with Crippen molar-refractivity contribution < 1.29 is 9.53 Å². The average molecular weight is 247 g/mol. The minimum atomic E-state index is -0.107. The largest absolute Gasteiger partial charge is 0.479 e. The molecule has 1 amide bonds. The number of nitrogens with two attached hydrogens (primary N) is 1. The zero-order chi connectivity index (χ0) is 13.4. The predicted octanol–water partition coefficient (Wildman–Crippen LogP) is 1.51. The lowest BCUT2D eigenvalue weighted by molar-refractivity contribution is -0.119. The Kier molecular flexibility index (Phi) is 5.68. The Morgan fingerprint density at radius 1 is 1.50 bits per heavy atom. The van der Waals surface area contributed by atoms with Gasteiger partial charge in [0, 0.05) is 11.6 Å². The Balaban J connectivity index is 2.53. The van der Waals surface area contributed by atoms with Crippen LogP contribution >= 0.6 is 0 Å². The molecule has 1 aromatic rings. The van der Waals surface area contributed by atoms with E-state index in [0.717, 1.165) is 0 Å². The number of hydrogen-bond acceptors (Lipinski definition) is 4. The molecule has 18 heavy (non-hydrogen) atoms. The van der Waals surface area contributed by atoms with E-state index >= 15 is 0 Å². The molecule has 0 spiro atoms. The maximum absolute atomic E-state index is 11.7. The van der Waals surface area contributed by atoms with Gasteiger partial charge >= 0.3 is 0 Å². The number of nitrogens with one attached hydrogen (secondary N) is 1. The molecule has 0 aliphatic heterocycles. The van der Waals surface area contributed by atoms with Gasteiger partial charge < -0.3 is 15.8 Å². The SMILES string of the molecule is CC(CCN)C(=O)Nc1ccc(OCC#N)cc1. The molecular formula is C13H17N3O2. The molecule has 0 aliphatic rings. The van der Waals surface area contributed by atoms with E-state index in [-0.39, 0.29) is 18.4 Å². The second kappa shape index (κ2) is 7.30. The maximum Gasteiger partial charge on any atom is 0.227 e. The van der Waals surface area contributed by atoms with Crippen LogP contribution in [0.3, 0.4) is 0 Å². The maximum atomic E-state index is 11.7. The molecule has 0 bridgehead atoms. The van der Waals surface area contributed by atoms with Crippen LogP contribution in [-0.4, -0.2) is 19.1 Å². The monoisotopic (exact) mass is 247 g/mol. The number of carbonyl (C=O) groups excluding carboxylic acids is 1. The zero-order valence-electron chi connectivity index (χ0n) is 10.3. The number of ether oxygens (including phenoxy) is 1. The lowest BCUT2D eigenvalue weighted by Gasteiger charge is -2.11.